The van der Waals surface area contributed by atoms with E-state index in [1.807, 2.05) is 36.4 Å². The number of hydrogen-bond donors (Lipinski definition) is 0. The number of hydrogen-bond acceptors (Lipinski definition) is 5. The lowest BCUT2D eigenvalue weighted by Gasteiger charge is -2.32. The first kappa shape index (κ1) is 18.9. The Labute approximate surface area is 175 Å². The molecule has 0 N–H and O–H groups in total. The number of morpholine rings is 1. The molecule has 1 aliphatic heterocycles. The number of carbonyl (C=O) groups excluding carboxylic acids is 1. The first-order valence-corrected chi connectivity index (χ1v) is 10.3. The highest BCUT2D eigenvalue weighted by Crippen LogP contribution is 2.44. The van der Waals surface area contributed by atoms with E-state index in [4.69, 9.17) is 14.2 Å². The number of methoxy groups -OCH3 is 1. The highest BCUT2D eigenvalue weighted by atomic mass is 16.5. The van der Waals surface area contributed by atoms with Crippen LogP contribution in [0.15, 0.2) is 54.7 Å². The van der Waals surface area contributed by atoms with Crippen molar-refractivity contribution in [3.8, 4) is 11.5 Å². The molecule has 1 unspecified atom stereocenters. The van der Waals surface area contributed by atoms with E-state index >= 15 is 0 Å². The fourth-order valence-electron chi connectivity index (χ4n) is 3.96. The average Bonchev–Trinajstić information content (AvgIpc) is 3.64. The van der Waals surface area contributed by atoms with Gasteiger partial charge in [-0.1, -0.05) is 12.1 Å². The number of carbonyl (C=O) groups is 1. The van der Waals surface area contributed by atoms with Crippen LogP contribution in [0.2, 0.25) is 0 Å². The van der Waals surface area contributed by atoms with Crippen LogP contribution >= 0.6 is 0 Å². The molecule has 2 fully saturated rings. The lowest BCUT2D eigenvalue weighted by molar-refractivity contribution is -0.130. The first-order chi connectivity index (χ1) is 14.7. The van der Waals surface area contributed by atoms with Crippen LogP contribution in [0.25, 0.3) is 10.9 Å². The number of benzene rings is 2. The minimum atomic E-state index is -0.216. The first-order valence-electron chi connectivity index (χ1n) is 10.3. The van der Waals surface area contributed by atoms with Gasteiger partial charge < -0.3 is 19.1 Å². The van der Waals surface area contributed by atoms with Gasteiger partial charge in [0.25, 0.3) is 5.91 Å². The van der Waals surface area contributed by atoms with Crippen LogP contribution < -0.4 is 14.4 Å². The van der Waals surface area contributed by atoms with Gasteiger partial charge in [-0.25, -0.2) is 0 Å². The molecule has 0 spiro atoms. The maximum absolute atomic E-state index is 12.4. The molecule has 5 rings (SSSR count). The molecule has 1 aliphatic carbocycles. The van der Waals surface area contributed by atoms with Crippen molar-refractivity contribution in [2.45, 2.75) is 24.9 Å². The maximum atomic E-state index is 12.4. The minimum absolute atomic E-state index is 0.0413. The van der Waals surface area contributed by atoms with E-state index in [-0.39, 0.29) is 18.6 Å². The Balaban J connectivity index is 1.30. The Morgan fingerprint density at radius 1 is 1.13 bits per heavy atom. The predicted molar refractivity (Wildman–Crippen MR) is 114 cm³/mol. The molecule has 3 aromatic rings. The van der Waals surface area contributed by atoms with Crippen molar-refractivity contribution in [1.29, 1.82) is 0 Å². The van der Waals surface area contributed by atoms with Crippen LogP contribution in [0.3, 0.4) is 0 Å². The van der Waals surface area contributed by atoms with Gasteiger partial charge in [0.15, 0.2) is 0 Å². The van der Waals surface area contributed by atoms with Crippen molar-refractivity contribution in [2.75, 3.05) is 31.8 Å². The number of amides is 1. The summed E-state index contributed by atoms with van der Waals surface area (Å²) in [5, 5.41) is 1.16. The van der Waals surface area contributed by atoms with E-state index in [2.05, 4.69) is 17.1 Å². The van der Waals surface area contributed by atoms with E-state index < -0.39 is 0 Å². The molecule has 1 atom stereocenters. The summed E-state index contributed by atoms with van der Waals surface area (Å²) in [4.78, 5) is 18.7. The predicted octanol–water partition coefficient (Wildman–Crippen LogP) is 3.93. The third-order valence-electron chi connectivity index (χ3n) is 5.72. The molecule has 2 aromatic carbocycles. The van der Waals surface area contributed by atoms with Gasteiger partial charge in [-0.3, -0.25) is 9.78 Å². The second-order valence-corrected chi connectivity index (χ2v) is 7.77. The molecule has 6 heteroatoms. The topological polar surface area (TPSA) is 60.9 Å². The standard InChI is InChI=1S/C24H24N2O4/c1-28-18-8-6-17(7-9-18)26-13-19(29-15-23(26)27)14-30-22-11-10-20(16-4-5-16)21-3-2-12-25-24(21)22/h2-3,6-12,16,19H,4-5,13-15H2,1H3. The Morgan fingerprint density at radius 2 is 1.97 bits per heavy atom. The van der Waals surface area contributed by atoms with Crippen molar-refractivity contribution in [2.24, 2.45) is 0 Å². The van der Waals surface area contributed by atoms with Gasteiger partial charge in [-0.15, -0.1) is 0 Å². The van der Waals surface area contributed by atoms with E-state index in [0.717, 1.165) is 28.1 Å². The van der Waals surface area contributed by atoms with Crippen LogP contribution in [0.4, 0.5) is 5.69 Å². The summed E-state index contributed by atoms with van der Waals surface area (Å²) in [5.41, 5.74) is 3.08. The third-order valence-corrected chi connectivity index (χ3v) is 5.72. The number of pyridine rings is 1. The molecular formula is C24H24N2O4. The van der Waals surface area contributed by atoms with Gasteiger partial charge in [-0.05, 0) is 60.7 Å². The molecule has 0 radical (unpaired) electrons. The van der Waals surface area contributed by atoms with Crippen LogP contribution in [0, 0.1) is 0 Å². The van der Waals surface area contributed by atoms with Gasteiger partial charge in [-0.2, -0.15) is 0 Å². The van der Waals surface area contributed by atoms with Gasteiger partial charge >= 0.3 is 0 Å². The Morgan fingerprint density at radius 3 is 2.73 bits per heavy atom. The highest BCUT2D eigenvalue weighted by Gasteiger charge is 2.29. The molecule has 1 saturated carbocycles. The van der Waals surface area contributed by atoms with Gasteiger partial charge in [0.05, 0.1) is 13.7 Å². The van der Waals surface area contributed by atoms with E-state index in [1.165, 1.54) is 18.4 Å². The van der Waals surface area contributed by atoms with Crippen LogP contribution in [-0.2, 0) is 9.53 Å². The monoisotopic (exact) mass is 404 g/mol. The van der Waals surface area contributed by atoms with E-state index in [9.17, 15) is 4.79 Å². The van der Waals surface area contributed by atoms with Crippen molar-refractivity contribution in [3.63, 3.8) is 0 Å². The summed E-state index contributed by atoms with van der Waals surface area (Å²) >= 11 is 0. The molecule has 2 aliphatic rings. The van der Waals surface area contributed by atoms with Crippen LogP contribution in [0.1, 0.15) is 24.3 Å². The Kier molecular flexibility index (Phi) is 5.01. The molecule has 154 valence electrons. The number of ether oxygens (including phenoxy) is 3. The molecular weight excluding hydrogens is 380 g/mol. The largest absolute Gasteiger partial charge is 0.497 e. The molecule has 30 heavy (non-hydrogen) atoms. The smallest absolute Gasteiger partial charge is 0.253 e. The maximum Gasteiger partial charge on any atom is 0.253 e. The summed E-state index contributed by atoms with van der Waals surface area (Å²) in [6.07, 6.45) is 4.07. The van der Waals surface area contributed by atoms with Gasteiger partial charge in [0, 0.05) is 17.3 Å². The van der Waals surface area contributed by atoms with Gasteiger partial charge in [0.2, 0.25) is 0 Å². The highest BCUT2D eigenvalue weighted by molar-refractivity contribution is 5.95. The SMILES string of the molecule is COc1ccc(N2CC(COc3ccc(C4CC4)c4cccnc34)OCC2=O)cc1. The normalized spacial score (nSPS) is 19.2. The number of fused-ring (bicyclic) bond motifs is 1. The zero-order valence-corrected chi connectivity index (χ0v) is 16.9. The summed E-state index contributed by atoms with van der Waals surface area (Å²) in [6.45, 7) is 0.838. The number of rotatable bonds is 6. The summed E-state index contributed by atoms with van der Waals surface area (Å²) in [5.74, 6) is 2.11. The number of anilines is 1. The second kappa shape index (κ2) is 7.95. The zero-order valence-electron chi connectivity index (χ0n) is 16.9. The summed E-state index contributed by atoms with van der Waals surface area (Å²) < 4.78 is 17.1. The van der Waals surface area contributed by atoms with Crippen LogP contribution in [0.5, 0.6) is 11.5 Å². The lowest BCUT2D eigenvalue weighted by Crippen LogP contribution is -2.48. The molecule has 6 nitrogen and oxygen atoms in total. The van der Waals surface area contributed by atoms with Crippen molar-refractivity contribution >= 4 is 22.5 Å². The summed E-state index contributed by atoms with van der Waals surface area (Å²) in [7, 11) is 1.62. The molecule has 1 saturated heterocycles. The lowest BCUT2D eigenvalue weighted by atomic mass is 10.0. The molecule has 1 aromatic heterocycles. The average molecular weight is 404 g/mol. The van der Waals surface area contributed by atoms with Crippen LogP contribution in [-0.4, -0.2) is 43.9 Å². The Hall–Kier alpha value is -3.12. The molecule has 2 heterocycles. The number of nitrogens with zero attached hydrogens (tertiary/aromatic N) is 2. The number of aromatic nitrogens is 1. The fourth-order valence-corrected chi connectivity index (χ4v) is 3.96. The molecule has 1 amide bonds. The van der Waals surface area contributed by atoms with Crippen molar-refractivity contribution < 1.29 is 19.0 Å². The minimum Gasteiger partial charge on any atom is -0.497 e. The van der Waals surface area contributed by atoms with Crippen molar-refractivity contribution in [3.05, 3.63) is 60.3 Å². The fraction of sp³-hybridized carbons (Fsp3) is 0.333. The van der Waals surface area contributed by atoms with Crippen molar-refractivity contribution in [1.82, 2.24) is 4.98 Å². The summed E-state index contributed by atoms with van der Waals surface area (Å²) in [6, 6.07) is 15.7. The zero-order chi connectivity index (χ0) is 20.5. The molecule has 0 bridgehead atoms. The third kappa shape index (κ3) is 3.71. The van der Waals surface area contributed by atoms with E-state index in [0.29, 0.717) is 19.1 Å². The van der Waals surface area contributed by atoms with Gasteiger partial charge in [0.1, 0.15) is 36.3 Å². The quantitative estimate of drug-likeness (QED) is 0.623. The Bertz CT molecular complexity index is 1060. The van der Waals surface area contributed by atoms with E-state index in [1.54, 1.807) is 18.2 Å². The second-order valence-electron chi connectivity index (χ2n) is 7.77.